The van der Waals surface area contributed by atoms with E-state index in [-0.39, 0.29) is 17.9 Å². The normalized spacial score (nSPS) is 10.5. The Hall–Kier alpha value is -1.19. The lowest BCUT2D eigenvalue weighted by molar-refractivity contribution is 0.326. The molecule has 0 bridgehead atoms. The Balaban J connectivity index is 0.00000324. The Kier molecular flexibility index (Phi) is 7.57. The second-order valence-electron chi connectivity index (χ2n) is 5.19. The molecule has 1 rings (SSSR count). The van der Waals surface area contributed by atoms with E-state index in [1.54, 1.807) is 13.2 Å². The van der Waals surface area contributed by atoms with Gasteiger partial charge in [-0.15, -0.1) is 12.4 Å². The predicted octanol–water partition coefficient (Wildman–Crippen LogP) is 3.57. The molecule has 0 unspecified atom stereocenters. The van der Waals surface area contributed by atoms with E-state index in [0.717, 1.165) is 18.0 Å². The molecule has 3 nitrogen and oxygen atoms in total. The van der Waals surface area contributed by atoms with Gasteiger partial charge in [-0.1, -0.05) is 18.7 Å². The second-order valence-corrected chi connectivity index (χ2v) is 5.19. The minimum Gasteiger partial charge on any atom is -0.493 e. The zero-order valence-electron chi connectivity index (χ0n) is 12.2. The van der Waals surface area contributed by atoms with Gasteiger partial charge in [0.15, 0.2) is 11.5 Å². The summed E-state index contributed by atoms with van der Waals surface area (Å²) in [6, 6.07) is 5.97. The van der Waals surface area contributed by atoms with Gasteiger partial charge in [0.2, 0.25) is 0 Å². The number of ether oxygens (including phenoxy) is 2. The van der Waals surface area contributed by atoms with Crippen LogP contribution >= 0.6 is 12.4 Å². The van der Waals surface area contributed by atoms with Crippen LogP contribution in [0.5, 0.6) is 11.5 Å². The van der Waals surface area contributed by atoms with Gasteiger partial charge in [0.25, 0.3) is 0 Å². The lowest BCUT2D eigenvalue weighted by atomic mass is 10.1. The lowest BCUT2D eigenvalue weighted by Crippen LogP contribution is -2.35. The molecular formula is C15H24ClNO2. The van der Waals surface area contributed by atoms with Crippen molar-refractivity contribution in [3.63, 3.8) is 0 Å². The van der Waals surface area contributed by atoms with Gasteiger partial charge >= 0.3 is 0 Å². The highest BCUT2D eigenvalue weighted by atomic mass is 35.5. The van der Waals surface area contributed by atoms with Crippen LogP contribution in [0.4, 0.5) is 0 Å². The van der Waals surface area contributed by atoms with Crippen LogP contribution in [-0.4, -0.2) is 19.3 Å². The topological polar surface area (TPSA) is 30.5 Å². The van der Waals surface area contributed by atoms with Crippen LogP contribution in [0.15, 0.2) is 30.9 Å². The van der Waals surface area contributed by atoms with Gasteiger partial charge in [0.1, 0.15) is 6.61 Å². The van der Waals surface area contributed by atoms with E-state index in [4.69, 9.17) is 9.47 Å². The summed E-state index contributed by atoms with van der Waals surface area (Å²) in [4.78, 5) is 0. The molecule has 4 heteroatoms. The maximum atomic E-state index is 5.51. The molecule has 19 heavy (non-hydrogen) atoms. The van der Waals surface area contributed by atoms with Crippen LogP contribution in [0.3, 0.4) is 0 Å². The van der Waals surface area contributed by atoms with E-state index in [2.05, 4.69) is 32.7 Å². The average Bonchev–Trinajstić information content (AvgIpc) is 2.33. The van der Waals surface area contributed by atoms with Crippen molar-refractivity contribution in [2.24, 2.45) is 0 Å². The van der Waals surface area contributed by atoms with Crippen LogP contribution < -0.4 is 14.8 Å². The molecule has 1 aromatic rings. The first-order chi connectivity index (χ1) is 8.46. The first kappa shape index (κ1) is 17.8. The van der Waals surface area contributed by atoms with Crippen LogP contribution in [-0.2, 0) is 6.54 Å². The zero-order valence-corrected chi connectivity index (χ0v) is 13.0. The number of hydrogen-bond donors (Lipinski definition) is 1. The van der Waals surface area contributed by atoms with Crippen molar-refractivity contribution in [2.45, 2.75) is 32.9 Å². The van der Waals surface area contributed by atoms with Gasteiger partial charge in [-0.25, -0.2) is 0 Å². The Labute approximate surface area is 122 Å². The van der Waals surface area contributed by atoms with Gasteiger partial charge in [0, 0.05) is 12.1 Å². The Morgan fingerprint density at radius 2 is 1.95 bits per heavy atom. The van der Waals surface area contributed by atoms with Gasteiger partial charge in [-0.3, -0.25) is 0 Å². The van der Waals surface area contributed by atoms with Crippen LogP contribution in [0.25, 0.3) is 0 Å². The quantitative estimate of drug-likeness (QED) is 0.811. The van der Waals surface area contributed by atoms with Crippen LogP contribution in [0.1, 0.15) is 26.3 Å². The third kappa shape index (κ3) is 6.50. The maximum absolute atomic E-state index is 5.51. The molecule has 0 aliphatic rings. The van der Waals surface area contributed by atoms with Crippen LogP contribution in [0, 0.1) is 0 Å². The monoisotopic (exact) mass is 285 g/mol. The Bertz CT molecular complexity index is 400. The van der Waals surface area contributed by atoms with Crippen molar-refractivity contribution in [3.05, 3.63) is 36.4 Å². The molecule has 0 aromatic heterocycles. The Morgan fingerprint density at radius 3 is 2.47 bits per heavy atom. The molecule has 0 aliphatic carbocycles. The van der Waals surface area contributed by atoms with Gasteiger partial charge in [-0.2, -0.15) is 0 Å². The standard InChI is InChI=1S/C15H23NO2.ClH/c1-6-9-18-13-8-7-12(10-14(13)17-5)11-16-15(2,3)4;/h6-8,10,16H,1,9,11H2,2-5H3;1H. The zero-order chi connectivity index (χ0) is 13.6. The van der Waals surface area contributed by atoms with Crippen molar-refractivity contribution < 1.29 is 9.47 Å². The number of hydrogen-bond acceptors (Lipinski definition) is 3. The van der Waals surface area contributed by atoms with E-state index in [1.165, 1.54) is 5.56 Å². The van der Waals surface area contributed by atoms with Gasteiger partial charge in [-0.05, 0) is 38.5 Å². The summed E-state index contributed by atoms with van der Waals surface area (Å²) in [5, 5.41) is 3.44. The minimum atomic E-state index is 0. The molecule has 0 saturated heterocycles. The maximum Gasteiger partial charge on any atom is 0.161 e. The smallest absolute Gasteiger partial charge is 0.161 e. The lowest BCUT2D eigenvalue weighted by Gasteiger charge is -2.21. The highest BCUT2D eigenvalue weighted by Gasteiger charge is 2.10. The van der Waals surface area contributed by atoms with E-state index < -0.39 is 0 Å². The summed E-state index contributed by atoms with van der Waals surface area (Å²) in [6.07, 6.45) is 1.72. The van der Waals surface area contributed by atoms with Gasteiger partial charge < -0.3 is 14.8 Å². The summed E-state index contributed by atoms with van der Waals surface area (Å²) in [7, 11) is 1.65. The number of benzene rings is 1. The Morgan fingerprint density at radius 1 is 1.26 bits per heavy atom. The molecule has 0 saturated carbocycles. The highest BCUT2D eigenvalue weighted by Crippen LogP contribution is 2.28. The van der Waals surface area contributed by atoms with Crippen molar-refractivity contribution in [2.75, 3.05) is 13.7 Å². The van der Waals surface area contributed by atoms with E-state index in [9.17, 15) is 0 Å². The van der Waals surface area contributed by atoms with E-state index in [1.807, 2.05) is 18.2 Å². The molecule has 108 valence electrons. The summed E-state index contributed by atoms with van der Waals surface area (Å²) < 4.78 is 10.8. The third-order valence-electron chi connectivity index (χ3n) is 2.41. The number of nitrogens with one attached hydrogen (secondary N) is 1. The molecule has 0 amide bonds. The molecule has 0 fully saturated rings. The van der Waals surface area contributed by atoms with Crippen molar-refractivity contribution in [3.8, 4) is 11.5 Å². The molecule has 0 atom stereocenters. The second kappa shape index (κ2) is 8.08. The van der Waals surface area contributed by atoms with E-state index in [0.29, 0.717) is 6.61 Å². The van der Waals surface area contributed by atoms with Gasteiger partial charge in [0.05, 0.1) is 7.11 Å². The van der Waals surface area contributed by atoms with Crippen molar-refractivity contribution in [1.29, 1.82) is 0 Å². The molecular weight excluding hydrogens is 262 g/mol. The largest absolute Gasteiger partial charge is 0.493 e. The molecule has 0 spiro atoms. The fourth-order valence-corrected chi connectivity index (χ4v) is 1.46. The third-order valence-corrected chi connectivity index (χ3v) is 2.41. The summed E-state index contributed by atoms with van der Waals surface area (Å²) >= 11 is 0. The summed E-state index contributed by atoms with van der Waals surface area (Å²) in [5.41, 5.74) is 1.28. The molecule has 1 N–H and O–H groups in total. The summed E-state index contributed by atoms with van der Waals surface area (Å²) in [5.74, 6) is 1.50. The molecule has 0 aliphatic heterocycles. The number of halogens is 1. The molecule has 0 radical (unpaired) electrons. The minimum absolute atomic E-state index is 0. The first-order valence-electron chi connectivity index (χ1n) is 6.12. The number of rotatable bonds is 6. The highest BCUT2D eigenvalue weighted by molar-refractivity contribution is 5.85. The fourth-order valence-electron chi connectivity index (χ4n) is 1.46. The van der Waals surface area contributed by atoms with E-state index >= 15 is 0 Å². The van der Waals surface area contributed by atoms with Crippen LogP contribution in [0.2, 0.25) is 0 Å². The summed E-state index contributed by atoms with van der Waals surface area (Å²) in [6.45, 7) is 11.4. The predicted molar refractivity (Wildman–Crippen MR) is 82.5 cm³/mol. The molecule has 0 heterocycles. The van der Waals surface area contributed by atoms with Crippen molar-refractivity contribution >= 4 is 12.4 Å². The first-order valence-corrected chi connectivity index (χ1v) is 6.12. The average molecular weight is 286 g/mol. The SMILES string of the molecule is C=CCOc1ccc(CNC(C)(C)C)cc1OC.Cl. The fraction of sp³-hybridized carbons (Fsp3) is 0.467. The van der Waals surface area contributed by atoms with Crippen molar-refractivity contribution in [1.82, 2.24) is 5.32 Å². The molecule has 1 aromatic carbocycles. The number of methoxy groups -OCH3 is 1.